The molecule has 0 spiro atoms. The van der Waals surface area contributed by atoms with E-state index in [0.29, 0.717) is 36.0 Å². The van der Waals surface area contributed by atoms with Crippen LogP contribution in [0.3, 0.4) is 0 Å². The summed E-state index contributed by atoms with van der Waals surface area (Å²) in [6.45, 7) is 0.867. The van der Waals surface area contributed by atoms with Gasteiger partial charge in [0.2, 0.25) is 0 Å². The number of carbonyl (C=O) groups excluding carboxylic acids is 1. The molecule has 2 aromatic rings. The molecular weight excluding hydrogens is 384 g/mol. The van der Waals surface area contributed by atoms with Gasteiger partial charge in [-0.05, 0) is 36.8 Å². The van der Waals surface area contributed by atoms with Crippen LogP contribution in [0.25, 0.3) is 0 Å². The molecule has 0 saturated carbocycles. The van der Waals surface area contributed by atoms with Gasteiger partial charge in [0.1, 0.15) is 11.5 Å². The van der Waals surface area contributed by atoms with Crippen molar-refractivity contribution in [2.75, 3.05) is 18.5 Å². The second-order valence-corrected chi connectivity index (χ2v) is 6.00. The van der Waals surface area contributed by atoms with Crippen LogP contribution in [0, 0.1) is 0 Å². The zero-order chi connectivity index (χ0) is 16.7. The van der Waals surface area contributed by atoms with Gasteiger partial charge in [-0.2, -0.15) is 0 Å². The number of para-hydroxylation sites is 2. The van der Waals surface area contributed by atoms with Gasteiger partial charge >= 0.3 is 6.03 Å². The van der Waals surface area contributed by atoms with Gasteiger partial charge < -0.3 is 20.5 Å². The molecule has 2 amide bonds. The Morgan fingerprint density at radius 2 is 2.04 bits per heavy atom. The van der Waals surface area contributed by atoms with Crippen LogP contribution >= 0.6 is 27.5 Å². The molecule has 0 saturated heterocycles. The van der Waals surface area contributed by atoms with Crippen molar-refractivity contribution in [3.05, 3.63) is 52.0 Å². The molecule has 0 bridgehead atoms. The van der Waals surface area contributed by atoms with Gasteiger partial charge in [0.05, 0.1) is 17.3 Å². The van der Waals surface area contributed by atoms with Crippen LogP contribution in [0.5, 0.6) is 11.5 Å². The highest BCUT2D eigenvalue weighted by Crippen LogP contribution is 2.27. The van der Waals surface area contributed by atoms with Crippen molar-refractivity contribution in [2.24, 2.45) is 0 Å². The monoisotopic (exact) mass is 398 g/mol. The van der Waals surface area contributed by atoms with Crippen LogP contribution in [-0.2, 0) is 0 Å². The lowest BCUT2D eigenvalue weighted by Gasteiger charge is -2.10. The lowest BCUT2D eigenvalue weighted by Crippen LogP contribution is -2.30. The van der Waals surface area contributed by atoms with Gasteiger partial charge in [-0.25, -0.2) is 4.79 Å². The number of rotatable bonds is 6. The summed E-state index contributed by atoms with van der Waals surface area (Å²) in [5, 5.41) is 15.3. The lowest BCUT2D eigenvalue weighted by atomic mass is 10.3. The minimum Gasteiger partial charge on any atom is -0.506 e. The van der Waals surface area contributed by atoms with Crippen LogP contribution in [0.2, 0.25) is 5.02 Å². The summed E-state index contributed by atoms with van der Waals surface area (Å²) in [6.07, 6.45) is 0.626. The van der Waals surface area contributed by atoms with Crippen LogP contribution in [0.1, 0.15) is 6.42 Å². The zero-order valence-electron chi connectivity index (χ0n) is 12.2. The highest BCUT2D eigenvalue weighted by Gasteiger charge is 2.05. The maximum Gasteiger partial charge on any atom is 0.319 e. The van der Waals surface area contributed by atoms with Crippen molar-refractivity contribution in [3.8, 4) is 11.5 Å². The number of carbonyl (C=O) groups is 1. The fourth-order valence-electron chi connectivity index (χ4n) is 1.79. The molecule has 7 heteroatoms. The van der Waals surface area contributed by atoms with Gasteiger partial charge in [0.25, 0.3) is 0 Å². The quantitative estimate of drug-likeness (QED) is 0.498. The molecule has 0 radical (unpaired) electrons. The summed E-state index contributed by atoms with van der Waals surface area (Å²) in [7, 11) is 0. The Kier molecular flexibility index (Phi) is 6.55. The molecule has 0 fully saturated rings. The maximum atomic E-state index is 11.7. The first-order valence-electron chi connectivity index (χ1n) is 6.97. The normalized spacial score (nSPS) is 10.2. The highest BCUT2D eigenvalue weighted by atomic mass is 79.9. The molecule has 0 heterocycles. The van der Waals surface area contributed by atoms with Crippen LogP contribution in [0.4, 0.5) is 10.5 Å². The molecular formula is C16H16BrClN2O3. The standard InChI is InChI=1S/C16H16BrClN2O3/c17-11-6-7-15(12(18)10-11)23-9-3-8-19-16(22)20-13-4-1-2-5-14(13)21/h1-2,4-7,10,21H,3,8-9H2,(H2,19,20,22). The number of ether oxygens (including phenoxy) is 1. The van der Waals surface area contributed by atoms with E-state index in [0.717, 1.165) is 4.47 Å². The third-order valence-corrected chi connectivity index (χ3v) is 3.70. The summed E-state index contributed by atoms with van der Waals surface area (Å²) in [5.41, 5.74) is 0.364. The van der Waals surface area contributed by atoms with Crippen molar-refractivity contribution in [2.45, 2.75) is 6.42 Å². The Morgan fingerprint density at radius 1 is 1.26 bits per heavy atom. The van der Waals surface area contributed by atoms with Crippen LogP contribution < -0.4 is 15.4 Å². The van der Waals surface area contributed by atoms with E-state index in [9.17, 15) is 9.90 Å². The fourth-order valence-corrected chi connectivity index (χ4v) is 2.52. The number of hydrogen-bond donors (Lipinski definition) is 3. The minimum absolute atomic E-state index is 0.0239. The number of halogens is 2. The fraction of sp³-hybridized carbons (Fsp3) is 0.188. The van der Waals surface area contributed by atoms with Crippen molar-refractivity contribution in [3.63, 3.8) is 0 Å². The number of anilines is 1. The third-order valence-electron chi connectivity index (χ3n) is 2.91. The summed E-state index contributed by atoms with van der Waals surface area (Å²) >= 11 is 9.36. The number of urea groups is 1. The van der Waals surface area contributed by atoms with E-state index < -0.39 is 0 Å². The van der Waals surface area contributed by atoms with E-state index in [1.807, 2.05) is 6.07 Å². The van der Waals surface area contributed by atoms with Crippen molar-refractivity contribution in [1.29, 1.82) is 0 Å². The molecule has 0 aliphatic carbocycles. The molecule has 122 valence electrons. The Bertz CT molecular complexity index is 682. The van der Waals surface area contributed by atoms with Crippen LogP contribution in [0.15, 0.2) is 46.9 Å². The van der Waals surface area contributed by atoms with Crippen molar-refractivity contribution < 1.29 is 14.6 Å². The summed E-state index contributed by atoms with van der Waals surface area (Å²) < 4.78 is 6.43. The average molecular weight is 400 g/mol. The number of benzene rings is 2. The Labute approximate surface area is 147 Å². The number of amides is 2. The molecule has 5 nitrogen and oxygen atoms in total. The molecule has 3 N–H and O–H groups in total. The predicted molar refractivity (Wildman–Crippen MR) is 94.4 cm³/mol. The first-order chi connectivity index (χ1) is 11.1. The molecule has 0 unspecified atom stereocenters. The topological polar surface area (TPSA) is 70.6 Å². The average Bonchev–Trinajstić information content (AvgIpc) is 2.51. The molecule has 2 rings (SSSR count). The molecule has 0 aliphatic rings. The molecule has 0 aliphatic heterocycles. The third kappa shape index (κ3) is 5.65. The van der Waals surface area contributed by atoms with E-state index in [1.165, 1.54) is 6.07 Å². The highest BCUT2D eigenvalue weighted by molar-refractivity contribution is 9.10. The lowest BCUT2D eigenvalue weighted by molar-refractivity contribution is 0.250. The van der Waals surface area contributed by atoms with E-state index >= 15 is 0 Å². The first-order valence-corrected chi connectivity index (χ1v) is 8.14. The largest absolute Gasteiger partial charge is 0.506 e. The van der Waals surface area contributed by atoms with Gasteiger partial charge in [0, 0.05) is 11.0 Å². The Morgan fingerprint density at radius 3 is 2.78 bits per heavy atom. The number of aromatic hydroxyl groups is 1. The van der Waals surface area contributed by atoms with E-state index in [2.05, 4.69) is 26.6 Å². The van der Waals surface area contributed by atoms with Gasteiger partial charge in [-0.15, -0.1) is 0 Å². The van der Waals surface area contributed by atoms with Crippen molar-refractivity contribution >= 4 is 39.2 Å². The molecule has 2 aromatic carbocycles. The Hall–Kier alpha value is -1.92. The maximum absolute atomic E-state index is 11.7. The number of nitrogens with one attached hydrogen (secondary N) is 2. The van der Waals surface area contributed by atoms with Gasteiger partial charge in [0.15, 0.2) is 0 Å². The molecule has 0 aromatic heterocycles. The van der Waals surface area contributed by atoms with E-state index in [1.54, 1.807) is 30.3 Å². The molecule has 23 heavy (non-hydrogen) atoms. The number of phenols is 1. The van der Waals surface area contributed by atoms with E-state index in [4.69, 9.17) is 16.3 Å². The van der Waals surface area contributed by atoms with Gasteiger partial charge in [-0.3, -0.25) is 0 Å². The second-order valence-electron chi connectivity index (χ2n) is 4.67. The predicted octanol–water partition coefficient (Wildman–Crippen LogP) is 4.40. The SMILES string of the molecule is O=C(NCCCOc1ccc(Br)cc1Cl)Nc1ccccc1O. The Balaban J connectivity index is 1.67. The first kappa shape index (κ1) is 17.4. The van der Waals surface area contributed by atoms with Crippen molar-refractivity contribution in [1.82, 2.24) is 5.32 Å². The molecule has 0 atom stereocenters. The summed E-state index contributed by atoms with van der Waals surface area (Å²) in [6, 6.07) is 11.5. The van der Waals surface area contributed by atoms with Crippen LogP contribution in [-0.4, -0.2) is 24.3 Å². The summed E-state index contributed by atoms with van der Waals surface area (Å²) in [5.74, 6) is 0.629. The second kappa shape index (κ2) is 8.64. The van der Waals surface area contributed by atoms with Gasteiger partial charge in [-0.1, -0.05) is 39.7 Å². The number of hydrogen-bond acceptors (Lipinski definition) is 3. The smallest absolute Gasteiger partial charge is 0.319 e. The van der Waals surface area contributed by atoms with E-state index in [-0.39, 0.29) is 11.8 Å². The zero-order valence-corrected chi connectivity index (χ0v) is 14.5. The minimum atomic E-state index is -0.381. The summed E-state index contributed by atoms with van der Waals surface area (Å²) in [4.78, 5) is 11.7. The number of phenolic OH excluding ortho intramolecular Hbond substituents is 1.